The van der Waals surface area contributed by atoms with Crippen molar-refractivity contribution < 1.29 is 0 Å². The van der Waals surface area contributed by atoms with Gasteiger partial charge >= 0.3 is 0 Å². The minimum atomic E-state index is 1.10. The fourth-order valence-corrected chi connectivity index (χ4v) is 3.37. The zero-order chi connectivity index (χ0) is 16.0. The van der Waals surface area contributed by atoms with Gasteiger partial charge in [0.25, 0.3) is 0 Å². The maximum Gasteiger partial charge on any atom is 0.0107 e. The van der Waals surface area contributed by atoms with Crippen LogP contribution in [0.25, 0.3) is 0 Å². The summed E-state index contributed by atoms with van der Waals surface area (Å²) < 4.78 is 0. The van der Waals surface area contributed by atoms with Crippen molar-refractivity contribution in [1.82, 2.24) is 31.1 Å². The van der Waals surface area contributed by atoms with Gasteiger partial charge in [-0.3, -0.25) is 0 Å². The van der Waals surface area contributed by atoms with Gasteiger partial charge in [-0.05, 0) is 58.5 Å². The number of nitrogens with one attached hydrogen (secondary N) is 4. The second-order valence-corrected chi connectivity index (χ2v) is 6.74. The van der Waals surface area contributed by atoms with Crippen LogP contribution in [0.1, 0.15) is 19.3 Å². The van der Waals surface area contributed by atoms with Gasteiger partial charge in [-0.1, -0.05) is 0 Å². The summed E-state index contributed by atoms with van der Waals surface area (Å²) in [5.74, 6) is 0. The van der Waals surface area contributed by atoms with Gasteiger partial charge in [-0.2, -0.15) is 0 Å². The third-order valence-electron chi connectivity index (χ3n) is 4.77. The molecule has 0 amide bonds. The average Bonchev–Trinajstić information content (AvgIpc) is 2.59. The monoisotopic (exact) mass is 326 g/mol. The maximum absolute atomic E-state index is 3.52. The fourth-order valence-electron chi connectivity index (χ4n) is 3.37. The molecule has 0 unspecified atom stereocenters. The van der Waals surface area contributed by atoms with Gasteiger partial charge in [0, 0.05) is 52.4 Å². The van der Waals surface area contributed by atoms with Gasteiger partial charge in [0.15, 0.2) is 0 Å². The Labute approximate surface area is 142 Å². The molecule has 6 heteroatoms. The predicted octanol–water partition coefficient (Wildman–Crippen LogP) is -0.854. The highest BCUT2D eigenvalue weighted by molar-refractivity contribution is 4.68. The van der Waals surface area contributed by atoms with Crippen LogP contribution < -0.4 is 21.3 Å². The molecule has 136 valence electrons. The van der Waals surface area contributed by atoms with Gasteiger partial charge in [-0.25, -0.2) is 0 Å². The molecule has 2 saturated heterocycles. The Balaban J connectivity index is 1.62. The molecule has 2 aliphatic rings. The number of hydrogen-bond donors (Lipinski definition) is 4. The molecule has 0 bridgehead atoms. The molecule has 6 nitrogen and oxygen atoms in total. The molecule has 0 spiro atoms. The third-order valence-corrected chi connectivity index (χ3v) is 4.77. The third kappa shape index (κ3) is 9.59. The first-order chi connectivity index (χ1) is 11.4. The molecule has 0 aromatic heterocycles. The lowest BCUT2D eigenvalue weighted by Gasteiger charge is -2.27. The Morgan fingerprint density at radius 2 is 0.913 bits per heavy atom. The van der Waals surface area contributed by atoms with Crippen LogP contribution in [0.5, 0.6) is 0 Å². The SMILES string of the molecule is C1CNCCNCCN(CCCN2CCCNCCNCC2)C1. The molecule has 0 atom stereocenters. The predicted molar refractivity (Wildman–Crippen MR) is 98.2 cm³/mol. The Hall–Kier alpha value is -0.240. The van der Waals surface area contributed by atoms with Crippen molar-refractivity contribution in [3.8, 4) is 0 Å². The first-order valence-corrected chi connectivity index (χ1v) is 9.73. The molecule has 0 aliphatic carbocycles. The van der Waals surface area contributed by atoms with E-state index in [1.807, 2.05) is 0 Å². The quantitative estimate of drug-likeness (QED) is 0.540. The molecule has 4 N–H and O–H groups in total. The van der Waals surface area contributed by atoms with Gasteiger partial charge in [0.1, 0.15) is 0 Å². The number of rotatable bonds is 4. The highest BCUT2D eigenvalue weighted by atomic mass is 15.2. The first-order valence-electron chi connectivity index (χ1n) is 9.73. The second-order valence-electron chi connectivity index (χ2n) is 6.74. The van der Waals surface area contributed by atoms with Crippen molar-refractivity contribution in [2.24, 2.45) is 0 Å². The minimum Gasteiger partial charge on any atom is -0.315 e. The van der Waals surface area contributed by atoms with Crippen molar-refractivity contribution in [3.63, 3.8) is 0 Å². The largest absolute Gasteiger partial charge is 0.315 e. The lowest BCUT2D eigenvalue weighted by molar-refractivity contribution is 0.219. The molecule has 0 saturated carbocycles. The van der Waals surface area contributed by atoms with Crippen molar-refractivity contribution in [3.05, 3.63) is 0 Å². The van der Waals surface area contributed by atoms with E-state index < -0.39 is 0 Å². The topological polar surface area (TPSA) is 54.6 Å². The lowest BCUT2D eigenvalue weighted by atomic mass is 10.2. The van der Waals surface area contributed by atoms with E-state index in [-0.39, 0.29) is 0 Å². The van der Waals surface area contributed by atoms with Crippen molar-refractivity contribution in [2.75, 3.05) is 91.6 Å². The molecule has 2 fully saturated rings. The van der Waals surface area contributed by atoms with Crippen LogP contribution in [0.2, 0.25) is 0 Å². The lowest BCUT2D eigenvalue weighted by Crippen LogP contribution is -2.41. The molecule has 2 rings (SSSR count). The first kappa shape index (κ1) is 19.1. The summed E-state index contributed by atoms with van der Waals surface area (Å²) in [5, 5.41) is 14.0. The van der Waals surface area contributed by atoms with Crippen LogP contribution in [0.3, 0.4) is 0 Å². The Kier molecular flexibility index (Phi) is 10.9. The van der Waals surface area contributed by atoms with E-state index in [0.29, 0.717) is 0 Å². The summed E-state index contributed by atoms with van der Waals surface area (Å²) in [4.78, 5) is 5.28. The van der Waals surface area contributed by atoms with E-state index in [0.717, 1.165) is 52.4 Å². The maximum atomic E-state index is 3.52. The molecule has 0 aromatic carbocycles. The average molecular weight is 327 g/mol. The van der Waals surface area contributed by atoms with Crippen LogP contribution >= 0.6 is 0 Å². The van der Waals surface area contributed by atoms with E-state index in [1.54, 1.807) is 0 Å². The summed E-state index contributed by atoms with van der Waals surface area (Å²) in [5.41, 5.74) is 0. The van der Waals surface area contributed by atoms with Gasteiger partial charge in [0.2, 0.25) is 0 Å². The van der Waals surface area contributed by atoms with E-state index in [9.17, 15) is 0 Å². The molecule has 0 aromatic rings. The summed E-state index contributed by atoms with van der Waals surface area (Å²) in [6.45, 7) is 16.3. The zero-order valence-electron chi connectivity index (χ0n) is 14.9. The summed E-state index contributed by atoms with van der Waals surface area (Å²) in [7, 11) is 0. The van der Waals surface area contributed by atoms with Gasteiger partial charge in [0.05, 0.1) is 0 Å². The van der Waals surface area contributed by atoms with Crippen LogP contribution in [-0.4, -0.2) is 101 Å². The molecule has 2 heterocycles. The fraction of sp³-hybridized carbons (Fsp3) is 1.00. The zero-order valence-corrected chi connectivity index (χ0v) is 14.9. The van der Waals surface area contributed by atoms with Gasteiger partial charge in [-0.15, -0.1) is 0 Å². The number of hydrogen-bond acceptors (Lipinski definition) is 6. The van der Waals surface area contributed by atoms with Crippen LogP contribution in [-0.2, 0) is 0 Å². The van der Waals surface area contributed by atoms with E-state index in [1.165, 1.54) is 58.5 Å². The molecule has 23 heavy (non-hydrogen) atoms. The summed E-state index contributed by atoms with van der Waals surface area (Å²) in [6.07, 6.45) is 3.85. The molecule has 2 aliphatic heterocycles. The molecular formula is C17H38N6. The standard InChI is InChI=1S/C17H38N6/c1-4-18-6-8-20-10-16-22(12-1)14-3-15-23-13-2-5-19-7-9-21-11-17-23/h18-21H,1-17H2. The Bertz CT molecular complexity index is 230. The van der Waals surface area contributed by atoms with E-state index in [4.69, 9.17) is 0 Å². The summed E-state index contributed by atoms with van der Waals surface area (Å²) in [6, 6.07) is 0. The van der Waals surface area contributed by atoms with E-state index in [2.05, 4.69) is 31.1 Å². The van der Waals surface area contributed by atoms with Crippen molar-refractivity contribution in [1.29, 1.82) is 0 Å². The second kappa shape index (κ2) is 13.1. The Morgan fingerprint density at radius 1 is 0.478 bits per heavy atom. The normalized spacial score (nSPS) is 25.0. The van der Waals surface area contributed by atoms with Gasteiger partial charge < -0.3 is 31.1 Å². The van der Waals surface area contributed by atoms with Crippen LogP contribution in [0.15, 0.2) is 0 Å². The molecule has 0 radical (unpaired) electrons. The van der Waals surface area contributed by atoms with E-state index >= 15 is 0 Å². The highest BCUT2D eigenvalue weighted by Crippen LogP contribution is 1.99. The Morgan fingerprint density at radius 3 is 1.39 bits per heavy atom. The summed E-state index contributed by atoms with van der Waals surface area (Å²) >= 11 is 0. The van der Waals surface area contributed by atoms with Crippen LogP contribution in [0, 0.1) is 0 Å². The smallest absolute Gasteiger partial charge is 0.0107 e. The molecular weight excluding hydrogens is 288 g/mol. The minimum absolute atomic E-state index is 1.10. The van der Waals surface area contributed by atoms with Crippen molar-refractivity contribution in [2.45, 2.75) is 19.3 Å². The highest BCUT2D eigenvalue weighted by Gasteiger charge is 2.09. The number of nitrogens with zero attached hydrogens (tertiary/aromatic N) is 2. The van der Waals surface area contributed by atoms with Crippen LogP contribution in [0.4, 0.5) is 0 Å². The van der Waals surface area contributed by atoms with Crippen molar-refractivity contribution >= 4 is 0 Å².